The van der Waals surface area contributed by atoms with Crippen LogP contribution < -0.4 is 5.32 Å². The topological polar surface area (TPSA) is 12.0 Å². The molecule has 86 valence electrons. The zero-order valence-corrected chi connectivity index (χ0v) is 10.8. The molecule has 1 nitrogen and oxygen atoms in total. The third kappa shape index (κ3) is 2.39. The van der Waals surface area contributed by atoms with E-state index in [-0.39, 0.29) is 0 Å². The number of halogens is 1. The van der Waals surface area contributed by atoms with Crippen LogP contribution in [0.3, 0.4) is 0 Å². The van der Waals surface area contributed by atoms with E-state index >= 15 is 0 Å². The summed E-state index contributed by atoms with van der Waals surface area (Å²) in [5.41, 5.74) is 1.41. The molecule has 16 heavy (non-hydrogen) atoms. The van der Waals surface area contributed by atoms with Crippen molar-refractivity contribution < 1.29 is 0 Å². The molecule has 3 rings (SSSR count). The highest BCUT2D eigenvalue weighted by molar-refractivity contribution is 7.99. The summed E-state index contributed by atoms with van der Waals surface area (Å²) in [5, 5.41) is 4.56. The number of rotatable bonds is 3. The maximum absolute atomic E-state index is 6.08. The van der Waals surface area contributed by atoms with Gasteiger partial charge in [0, 0.05) is 16.0 Å². The molecule has 2 aliphatic rings. The summed E-state index contributed by atoms with van der Waals surface area (Å²) in [6, 6.07) is 6.81. The Morgan fingerprint density at radius 1 is 1.31 bits per heavy atom. The van der Waals surface area contributed by atoms with Crippen molar-refractivity contribution in [1.29, 1.82) is 0 Å². The van der Waals surface area contributed by atoms with Crippen molar-refractivity contribution in [3.63, 3.8) is 0 Å². The van der Waals surface area contributed by atoms with Crippen LogP contribution in [0.25, 0.3) is 0 Å². The molecule has 1 aliphatic heterocycles. The van der Waals surface area contributed by atoms with E-state index in [0.717, 1.165) is 10.9 Å². The lowest BCUT2D eigenvalue weighted by molar-refractivity contribution is 0.495. The minimum absolute atomic E-state index is 0.524. The molecule has 0 radical (unpaired) electrons. The highest BCUT2D eigenvalue weighted by Crippen LogP contribution is 2.38. The molecule has 1 fully saturated rings. The quantitative estimate of drug-likeness (QED) is 0.878. The summed E-state index contributed by atoms with van der Waals surface area (Å²) < 4.78 is 0. The average Bonchev–Trinajstić information content (AvgIpc) is 3.10. The molecule has 1 aromatic carbocycles. The normalized spacial score (nSPS) is 24.2. The van der Waals surface area contributed by atoms with Gasteiger partial charge in [0.05, 0.1) is 0 Å². The molecule has 1 aliphatic carbocycles. The lowest BCUT2D eigenvalue weighted by atomic mass is 10.0. The van der Waals surface area contributed by atoms with Crippen LogP contribution in [0.1, 0.15) is 30.9 Å². The molecule has 0 amide bonds. The predicted molar refractivity (Wildman–Crippen MR) is 70.3 cm³/mol. The molecule has 1 unspecified atom stereocenters. The van der Waals surface area contributed by atoms with Crippen LogP contribution >= 0.6 is 23.4 Å². The number of hydrogen-bond acceptors (Lipinski definition) is 2. The summed E-state index contributed by atoms with van der Waals surface area (Å²) in [4.78, 5) is 1.41. The van der Waals surface area contributed by atoms with Crippen molar-refractivity contribution >= 4 is 23.4 Å². The number of fused-ring (bicyclic) bond motifs is 1. The second kappa shape index (κ2) is 4.59. The highest BCUT2D eigenvalue weighted by atomic mass is 35.5. The van der Waals surface area contributed by atoms with Gasteiger partial charge in [-0.3, -0.25) is 0 Å². The molecule has 0 spiro atoms. The smallest absolute Gasteiger partial charge is 0.0410 e. The van der Waals surface area contributed by atoms with Crippen molar-refractivity contribution in [3.05, 3.63) is 28.8 Å². The van der Waals surface area contributed by atoms with Gasteiger partial charge in [0.25, 0.3) is 0 Å². The van der Waals surface area contributed by atoms with Gasteiger partial charge in [-0.15, -0.1) is 11.8 Å². The average molecular weight is 254 g/mol. The largest absolute Gasteiger partial charge is 0.310 e. The maximum atomic E-state index is 6.08. The van der Waals surface area contributed by atoms with Gasteiger partial charge >= 0.3 is 0 Å². The van der Waals surface area contributed by atoms with Crippen LogP contribution in [-0.4, -0.2) is 12.3 Å². The van der Waals surface area contributed by atoms with Crippen LogP contribution in [0.15, 0.2) is 23.1 Å². The van der Waals surface area contributed by atoms with E-state index in [4.69, 9.17) is 11.6 Å². The molecule has 1 heterocycles. The molecule has 0 bridgehead atoms. The zero-order valence-electron chi connectivity index (χ0n) is 9.21. The molecule has 3 heteroatoms. The predicted octanol–water partition coefficient (Wildman–Crippen LogP) is 3.88. The zero-order chi connectivity index (χ0) is 11.0. The van der Waals surface area contributed by atoms with E-state index in [9.17, 15) is 0 Å². The Kier molecular flexibility index (Phi) is 3.14. The molecule has 0 saturated heterocycles. The van der Waals surface area contributed by atoms with E-state index in [2.05, 4.69) is 17.4 Å². The highest BCUT2D eigenvalue weighted by Gasteiger charge is 2.25. The summed E-state index contributed by atoms with van der Waals surface area (Å²) in [6.45, 7) is 1.18. The minimum Gasteiger partial charge on any atom is -0.310 e. The first-order chi connectivity index (χ1) is 7.83. The third-order valence-corrected chi connectivity index (χ3v) is 4.72. The van der Waals surface area contributed by atoms with Crippen LogP contribution in [0.2, 0.25) is 5.02 Å². The van der Waals surface area contributed by atoms with Gasteiger partial charge in [-0.25, -0.2) is 0 Å². The fourth-order valence-electron chi connectivity index (χ4n) is 2.21. The van der Waals surface area contributed by atoms with Gasteiger partial charge in [0.1, 0.15) is 0 Å². The van der Waals surface area contributed by atoms with E-state index in [1.807, 2.05) is 17.8 Å². The van der Waals surface area contributed by atoms with Crippen molar-refractivity contribution in [3.8, 4) is 0 Å². The Morgan fingerprint density at radius 2 is 2.19 bits per heavy atom. The Bertz CT molecular complexity index is 390. The SMILES string of the molecule is Clc1ccc2c(c1)C(NCC1CC1)CCS2. The monoisotopic (exact) mass is 253 g/mol. The van der Waals surface area contributed by atoms with Gasteiger partial charge in [0.15, 0.2) is 0 Å². The first-order valence-corrected chi connectivity index (χ1v) is 7.35. The molecule has 1 aromatic rings. The van der Waals surface area contributed by atoms with Gasteiger partial charge < -0.3 is 5.32 Å². The number of benzene rings is 1. The van der Waals surface area contributed by atoms with E-state index in [1.165, 1.54) is 42.0 Å². The molecule has 1 saturated carbocycles. The van der Waals surface area contributed by atoms with Crippen LogP contribution in [-0.2, 0) is 0 Å². The van der Waals surface area contributed by atoms with Gasteiger partial charge in [-0.2, -0.15) is 0 Å². The van der Waals surface area contributed by atoms with E-state index in [1.54, 1.807) is 0 Å². The number of thioether (sulfide) groups is 1. The molecular formula is C13H16ClNS. The van der Waals surface area contributed by atoms with E-state index < -0.39 is 0 Å². The summed E-state index contributed by atoms with van der Waals surface area (Å²) in [6.07, 6.45) is 4.05. The Hall–Kier alpha value is -0.180. The Morgan fingerprint density at radius 3 is 3.00 bits per heavy atom. The lowest BCUT2D eigenvalue weighted by Crippen LogP contribution is -2.26. The van der Waals surface area contributed by atoms with Crippen molar-refractivity contribution in [2.75, 3.05) is 12.3 Å². The molecular weight excluding hydrogens is 238 g/mol. The first-order valence-electron chi connectivity index (χ1n) is 5.98. The van der Waals surface area contributed by atoms with Crippen LogP contribution in [0.5, 0.6) is 0 Å². The Labute approximate surface area is 106 Å². The second-order valence-corrected chi connectivity index (χ2v) is 6.30. The second-order valence-electron chi connectivity index (χ2n) is 4.72. The molecule has 1 atom stereocenters. The van der Waals surface area contributed by atoms with Crippen LogP contribution in [0, 0.1) is 5.92 Å². The summed E-state index contributed by atoms with van der Waals surface area (Å²) >= 11 is 8.03. The van der Waals surface area contributed by atoms with Gasteiger partial charge in [-0.05, 0) is 61.2 Å². The third-order valence-electron chi connectivity index (χ3n) is 3.36. The van der Waals surface area contributed by atoms with Crippen molar-refractivity contribution in [2.24, 2.45) is 5.92 Å². The van der Waals surface area contributed by atoms with Gasteiger partial charge in [-0.1, -0.05) is 11.6 Å². The molecule has 0 aromatic heterocycles. The summed E-state index contributed by atoms with van der Waals surface area (Å²) in [5.74, 6) is 2.16. The molecule has 1 N–H and O–H groups in total. The summed E-state index contributed by atoms with van der Waals surface area (Å²) in [7, 11) is 0. The Balaban J connectivity index is 1.77. The maximum Gasteiger partial charge on any atom is 0.0410 e. The minimum atomic E-state index is 0.524. The number of hydrogen-bond donors (Lipinski definition) is 1. The van der Waals surface area contributed by atoms with E-state index in [0.29, 0.717) is 6.04 Å². The fraction of sp³-hybridized carbons (Fsp3) is 0.538. The van der Waals surface area contributed by atoms with Crippen LogP contribution in [0.4, 0.5) is 0 Å². The van der Waals surface area contributed by atoms with Crippen molar-refractivity contribution in [2.45, 2.75) is 30.2 Å². The standard InChI is InChI=1S/C13H16ClNS/c14-10-3-4-13-11(7-10)12(5-6-16-13)15-8-9-1-2-9/h3-4,7,9,12,15H,1-2,5-6,8H2. The lowest BCUT2D eigenvalue weighted by Gasteiger charge is -2.26. The number of nitrogens with one attached hydrogen (secondary N) is 1. The van der Waals surface area contributed by atoms with Crippen molar-refractivity contribution in [1.82, 2.24) is 5.32 Å². The fourth-order valence-corrected chi connectivity index (χ4v) is 3.49. The first kappa shape index (κ1) is 10.9. The van der Waals surface area contributed by atoms with Gasteiger partial charge in [0.2, 0.25) is 0 Å².